The average Bonchev–Trinajstić information content (AvgIpc) is 2.57. The van der Waals surface area contributed by atoms with E-state index in [1.165, 1.54) is 22.8 Å². The highest BCUT2D eigenvalue weighted by Gasteiger charge is 2.17. The van der Waals surface area contributed by atoms with E-state index in [0.29, 0.717) is 11.1 Å². The van der Waals surface area contributed by atoms with Crippen molar-refractivity contribution in [1.29, 1.82) is 0 Å². The number of benzene rings is 2. The molecule has 0 spiro atoms. The molecule has 0 saturated heterocycles. The van der Waals surface area contributed by atoms with E-state index in [1.807, 2.05) is 0 Å². The Kier molecular flexibility index (Phi) is 4.12. The van der Waals surface area contributed by atoms with Gasteiger partial charge in [-0.15, -0.1) is 0 Å². The second-order valence-electron chi connectivity index (χ2n) is 5.34. The third-order valence-electron chi connectivity index (χ3n) is 3.88. The average molecular weight is 329 g/mol. The second-order valence-corrected chi connectivity index (χ2v) is 5.34. The van der Waals surface area contributed by atoms with Crippen molar-refractivity contribution < 1.29 is 18.7 Å². The van der Waals surface area contributed by atoms with Gasteiger partial charge < -0.3 is 9.67 Å². The number of para-hydroxylation sites is 1. The fourth-order valence-electron chi connectivity index (χ4n) is 2.72. The van der Waals surface area contributed by atoms with Crippen LogP contribution in [0.5, 0.6) is 0 Å². The number of hydrogen-bond donors (Lipinski definition) is 1. The van der Waals surface area contributed by atoms with Crippen molar-refractivity contribution in [3.63, 3.8) is 0 Å². The molecule has 24 heavy (non-hydrogen) atoms. The van der Waals surface area contributed by atoms with Crippen LogP contribution in [-0.4, -0.2) is 15.6 Å². The second kappa shape index (κ2) is 6.23. The molecule has 0 atom stereocenters. The van der Waals surface area contributed by atoms with Crippen LogP contribution in [0, 0.1) is 5.82 Å². The number of carbonyl (C=O) groups is 1. The Morgan fingerprint density at radius 3 is 2.46 bits per heavy atom. The maximum absolute atomic E-state index is 14.3. The monoisotopic (exact) mass is 329 g/mol. The van der Waals surface area contributed by atoms with Gasteiger partial charge in [-0.25, -0.2) is 13.6 Å². The number of carboxylic acid groups (broad SMARTS) is 1. The highest BCUT2D eigenvalue weighted by atomic mass is 19.1. The zero-order chi connectivity index (χ0) is 17.3. The van der Waals surface area contributed by atoms with Crippen LogP contribution in [-0.2, 0) is 13.2 Å². The van der Waals surface area contributed by atoms with Crippen molar-refractivity contribution in [2.24, 2.45) is 0 Å². The fraction of sp³-hybridized carbons (Fsp3) is 0.111. The molecule has 3 aromatic rings. The maximum Gasteiger partial charge on any atom is 0.341 e. The Bertz CT molecular complexity index is 995. The lowest BCUT2D eigenvalue weighted by Gasteiger charge is -2.14. The molecule has 0 fully saturated rings. The first-order valence-corrected chi connectivity index (χ1v) is 7.20. The Labute approximate surface area is 135 Å². The predicted molar refractivity (Wildman–Crippen MR) is 85.5 cm³/mol. The summed E-state index contributed by atoms with van der Waals surface area (Å²) in [4.78, 5) is 23.5. The summed E-state index contributed by atoms with van der Waals surface area (Å²) < 4.78 is 28.7. The standard InChI is InChI=1S/C18H13F2NO3/c19-8-11-4-1-2-5-12(11)9-21-10-14(18(23)24)17(22)13-6-3-7-15(20)16(13)21/h1-7,10H,8-9H2,(H,23,24). The largest absolute Gasteiger partial charge is 0.477 e. The number of rotatable bonds is 4. The summed E-state index contributed by atoms with van der Waals surface area (Å²) in [7, 11) is 0. The number of aromatic carboxylic acids is 1. The summed E-state index contributed by atoms with van der Waals surface area (Å²) in [6.07, 6.45) is 1.10. The van der Waals surface area contributed by atoms with E-state index < -0.39 is 29.5 Å². The lowest BCUT2D eigenvalue weighted by atomic mass is 10.1. The van der Waals surface area contributed by atoms with E-state index in [2.05, 4.69) is 0 Å². The molecule has 6 heteroatoms. The third kappa shape index (κ3) is 2.67. The van der Waals surface area contributed by atoms with Gasteiger partial charge in [-0.3, -0.25) is 4.79 Å². The van der Waals surface area contributed by atoms with Crippen molar-refractivity contribution in [2.45, 2.75) is 13.2 Å². The van der Waals surface area contributed by atoms with E-state index in [4.69, 9.17) is 0 Å². The van der Waals surface area contributed by atoms with E-state index in [0.717, 1.165) is 6.20 Å². The minimum Gasteiger partial charge on any atom is -0.477 e. The molecule has 0 unspecified atom stereocenters. The summed E-state index contributed by atoms with van der Waals surface area (Å²) in [6, 6.07) is 10.6. The quantitative estimate of drug-likeness (QED) is 0.798. The van der Waals surface area contributed by atoms with Gasteiger partial charge in [-0.05, 0) is 23.3 Å². The first kappa shape index (κ1) is 15.9. The normalized spacial score (nSPS) is 10.9. The summed E-state index contributed by atoms with van der Waals surface area (Å²) in [5.74, 6) is -2.03. The zero-order valence-corrected chi connectivity index (χ0v) is 12.5. The predicted octanol–water partition coefficient (Wildman–Crippen LogP) is 3.36. The van der Waals surface area contributed by atoms with Gasteiger partial charge in [0.1, 0.15) is 18.1 Å². The molecule has 0 aliphatic carbocycles. The molecule has 1 N–H and O–H groups in total. The van der Waals surface area contributed by atoms with E-state index in [9.17, 15) is 23.5 Å². The molecular formula is C18H13F2NO3. The van der Waals surface area contributed by atoms with Crippen molar-refractivity contribution >= 4 is 16.9 Å². The lowest BCUT2D eigenvalue weighted by molar-refractivity contribution is 0.0695. The molecule has 0 radical (unpaired) electrons. The van der Waals surface area contributed by atoms with Gasteiger partial charge in [0.2, 0.25) is 5.43 Å². The number of hydrogen-bond acceptors (Lipinski definition) is 2. The summed E-state index contributed by atoms with van der Waals surface area (Å²) in [5.41, 5.74) is -0.180. The molecule has 0 aliphatic heterocycles. The summed E-state index contributed by atoms with van der Waals surface area (Å²) in [5, 5.41) is 9.20. The highest BCUT2D eigenvalue weighted by molar-refractivity contribution is 5.92. The van der Waals surface area contributed by atoms with Gasteiger partial charge in [0.15, 0.2) is 0 Å². The van der Waals surface area contributed by atoms with Crippen molar-refractivity contribution in [3.8, 4) is 0 Å². The van der Waals surface area contributed by atoms with Gasteiger partial charge in [0.25, 0.3) is 0 Å². The number of aromatic nitrogens is 1. The van der Waals surface area contributed by atoms with E-state index >= 15 is 0 Å². The molecule has 0 bridgehead atoms. The van der Waals surface area contributed by atoms with Crippen LogP contribution in [0.15, 0.2) is 53.5 Å². The van der Waals surface area contributed by atoms with Crippen LogP contribution in [0.1, 0.15) is 21.5 Å². The van der Waals surface area contributed by atoms with E-state index in [1.54, 1.807) is 24.3 Å². The third-order valence-corrected chi connectivity index (χ3v) is 3.88. The fourth-order valence-corrected chi connectivity index (χ4v) is 2.72. The molecule has 3 rings (SSSR count). The molecule has 0 amide bonds. The molecular weight excluding hydrogens is 316 g/mol. The van der Waals surface area contributed by atoms with E-state index in [-0.39, 0.29) is 17.4 Å². The van der Waals surface area contributed by atoms with Crippen molar-refractivity contribution in [3.05, 3.63) is 81.4 Å². The topological polar surface area (TPSA) is 59.3 Å². The minimum atomic E-state index is -1.39. The number of nitrogens with zero attached hydrogens (tertiary/aromatic N) is 1. The highest BCUT2D eigenvalue weighted by Crippen LogP contribution is 2.19. The Hall–Kier alpha value is -3.02. The van der Waals surface area contributed by atoms with Crippen LogP contribution < -0.4 is 5.43 Å². The van der Waals surface area contributed by atoms with Crippen LogP contribution >= 0.6 is 0 Å². The van der Waals surface area contributed by atoms with Crippen molar-refractivity contribution in [2.75, 3.05) is 0 Å². The Morgan fingerprint density at radius 2 is 1.79 bits per heavy atom. The zero-order valence-electron chi connectivity index (χ0n) is 12.5. The molecule has 2 aromatic carbocycles. The van der Waals surface area contributed by atoms with Crippen LogP contribution in [0.3, 0.4) is 0 Å². The number of pyridine rings is 1. The molecule has 4 nitrogen and oxygen atoms in total. The maximum atomic E-state index is 14.3. The van der Waals surface area contributed by atoms with Gasteiger partial charge in [-0.2, -0.15) is 0 Å². The number of carboxylic acids is 1. The van der Waals surface area contributed by atoms with Crippen molar-refractivity contribution in [1.82, 2.24) is 4.57 Å². The number of alkyl halides is 1. The summed E-state index contributed by atoms with van der Waals surface area (Å²) >= 11 is 0. The van der Waals surface area contributed by atoms with Gasteiger partial charge in [0, 0.05) is 18.1 Å². The molecule has 122 valence electrons. The first-order valence-electron chi connectivity index (χ1n) is 7.20. The summed E-state index contributed by atoms with van der Waals surface area (Å²) in [6.45, 7) is -0.638. The van der Waals surface area contributed by atoms with Crippen LogP contribution in [0.25, 0.3) is 10.9 Å². The Balaban J connectivity index is 2.29. The molecule has 0 aliphatic rings. The van der Waals surface area contributed by atoms with Crippen LogP contribution in [0.2, 0.25) is 0 Å². The number of halogens is 2. The minimum absolute atomic E-state index is 0.00108. The first-order chi connectivity index (χ1) is 11.5. The Morgan fingerprint density at radius 1 is 1.08 bits per heavy atom. The van der Waals surface area contributed by atoms with Gasteiger partial charge in [-0.1, -0.05) is 30.3 Å². The SMILES string of the molecule is O=C(O)c1cn(Cc2ccccc2CF)c2c(F)cccc2c1=O. The molecule has 1 heterocycles. The number of fused-ring (bicyclic) bond motifs is 1. The molecule has 0 saturated carbocycles. The lowest BCUT2D eigenvalue weighted by Crippen LogP contribution is -2.20. The smallest absolute Gasteiger partial charge is 0.341 e. The van der Waals surface area contributed by atoms with Crippen LogP contribution in [0.4, 0.5) is 8.78 Å². The molecule has 1 aromatic heterocycles. The van der Waals surface area contributed by atoms with Gasteiger partial charge in [0.05, 0.1) is 5.52 Å². The van der Waals surface area contributed by atoms with Gasteiger partial charge >= 0.3 is 5.97 Å².